The van der Waals surface area contributed by atoms with Crippen molar-refractivity contribution < 1.29 is 14.3 Å². The van der Waals surface area contributed by atoms with E-state index in [1.807, 2.05) is 25.1 Å². The molecule has 0 aromatic heterocycles. The lowest BCUT2D eigenvalue weighted by atomic mass is 10.1. The minimum absolute atomic E-state index is 0.152. The first-order valence-corrected chi connectivity index (χ1v) is 10.4. The summed E-state index contributed by atoms with van der Waals surface area (Å²) in [5, 5.41) is 12.9. The van der Waals surface area contributed by atoms with E-state index in [-0.39, 0.29) is 15.7 Å². The number of hydrogen-bond donors (Lipinski definition) is 1. The molecule has 8 heteroatoms. The molecule has 6 nitrogen and oxygen atoms in total. The van der Waals surface area contributed by atoms with Crippen LogP contribution < -0.4 is 14.9 Å². The number of rotatable bonds is 7. The van der Waals surface area contributed by atoms with Gasteiger partial charge in [0.15, 0.2) is 0 Å². The highest BCUT2D eigenvalue weighted by molar-refractivity contribution is 9.25. The van der Waals surface area contributed by atoms with Gasteiger partial charge in [-0.2, -0.15) is 10.4 Å². The van der Waals surface area contributed by atoms with Gasteiger partial charge in [-0.05, 0) is 61.4 Å². The third-order valence-corrected chi connectivity index (χ3v) is 7.13. The summed E-state index contributed by atoms with van der Waals surface area (Å²) in [5.74, 6) is 1.19. The zero-order valence-corrected chi connectivity index (χ0v) is 19.1. The van der Waals surface area contributed by atoms with Crippen LogP contribution in [0.4, 0.5) is 0 Å². The number of benzene rings is 2. The maximum absolute atomic E-state index is 12.3. The average molecular weight is 521 g/mol. The summed E-state index contributed by atoms with van der Waals surface area (Å²) in [6, 6.07) is 14.5. The second kappa shape index (κ2) is 8.56. The van der Waals surface area contributed by atoms with Crippen molar-refractivity contribution in [3.63, 3.8) is 0 Å². The molecule has 0 heterocycles. The molecular weight excluding hydrogens is 502 g/mol. The number of nitrogens with one attached hydrogen (secondary N) is 1. The Labute approximate surface area is 186 Å². The second-order valence-electron chi connectivity index (χ2n) is 6.91. The Balaban J connectivity index is 1.65. The number of nitrogens with zero attached hydrogens (tertiary/aromatic N) is 2. The SMILES string of the molecule is COc1ccc(C=NNC(=O)[C@]2(C)CC2(Br)Br)cc1COc1ccc(C#N)cc1. The van der Waals surface area contributed by atoms with Gasteiger partial charge >= 0.3 is 0 Å². The molecule has 0 spiro atoms. The van der Waals surface area contributed by atoms with Crippen LogP contribution in [0, 0.1) is 16.7 Å². The molecule has 2 aromatic rings. The molecule has 29 heavy (non-hydrogen) atoms. The second-order valence-corrected chi connectivity index (χ2v) is 10.7. The molecule has 0 radical (unpaired) electrons. The highest BCUT2D eigenvalue weighted by atomic mass is 79.9. The van der Waals surface area contributed by atoms with Crippen molar-refractivity contribution in [1.82, 2.24) is 5.43 Å². The zero-order chi connectivity index (χ0) is 21.1. The van der Waals surface area contributed by atoms with Crippen molar-refractivity contribution in [2.45, 2.75) is 23.2 Å². The lowest BCUT2D eigenvalue weighted by Gasteiger charge is -2.11. The third-order valence-electron chi connectivity index (χ3n) is 4.82. The minimum atomic E-state index is -0.523. The summed E-state index contributed by atoms with van der Waals surface area (Å²) < 4.78 is 10.8. The number of nitriles is 1. The van der Waals surface area contributed by atoms with Gasteiger partial charge in [0.25, 0.3) is 0 Å². The summed E-state index contributed by atoms with van der Waals surface area (Å²) in [6.07, 6.45) is 2.28. The van der Waals surface area contributed by atoms with Gasteiger partial charge in [0.05, 0.1) is 33.6 Å². The van der Waals surface area contributed by atoms with Gasteiger partial charge in [0, 0.05) is 5.56 Å². The van der Waals surface area contributed by atoms with Gasteiger partial charge in [-0.25, -0.2) is 5.43 Å². The Kier molecular flexibility index (Phi) is 6.30. The number of carbonyl (C=O) groups is 1. The molecule has 1 fully saturated rings. The quantitative estimate of drug-likeness (QED) is 0.331. The summed E-state index contributed by atoms with van der Waals surface area (Å²) in [5.41, 5.74) is 4.28. The largest absolute Gasteiger partial charge is 0.496 e. The fraction of sp³-hybridized carbons (Fsp3) is 0.286. The predicted octanol–water partition coefficient (Wildman–Crippen LogP) is 4.49. The summed E-state index contributed by atoms with van der Waals surface area (Å²) >= 11 is 6.95. The van der Waals surface area contributed by atoms with Crippen molar-refractivity contribution in [2.75, 3.05) is 7.11 Å². The molecule has 0 unspecified atom stereocenters. The van der Waals surface area contributed by atoms with Crippen LogP contribution in [0.25, 0.3) is 0 Å². The predicted molar refractivity (Wildman–Crippen MR) is 118 cm³/mol. The number of halogens is 2. The van der Waals surface area contributed by atoms with E-state index >= 15 is 0 Å². The highest BCUT2D eigenvalue weighted by Gasteiger charge is 2.66. The molecule has 0 aliphatic heterocycles. The molecule has 0 saturated heterocycles. The molecular formula is C21H19Br2N3O3. The van der Waals surface area contributed by atoms with Crippen LogP contribution >= 0.6 is 31.9 Å². The third kappa shape index (κ3) is 4.80. The Bertz CT molecular complexity index is 984. The molecule has 2 aromatic carbocycles. The molecule has 1 amide bonds. The molecule has 1 aliphatic rings. The van der Waals surface area contributed by atoms with Crippen LogP contribution in [-0.4, -0.2) is 22.5 Å². The van der Waals surface area contributed by atoms with E-state index in [1.54, 1.807) is 37.6 Å². The van der Waals surface area contributed by atoms with E-state index in [1.165, 1.54) is 0 Å². The number of hydrazone groups is 1. The zero-order valence-electron chi connectivity index (χ0n) is 15.9. The van der Waals surface area contributed by atoms with E-state index in [4.69, 9.17) is 14.7 Å². The van der Waals surface area contributed by atoms with Gasteiger partial charge < -0.3 is 9.47 Å². The van der Waals surface area contributed by atoms with E-state index in [0.29, 0.717) is 23.5 Å². The fourth-order valence-corrected chi connectivity index (χ4v) is 4.20. The van der Waals surface area contributed by atoms with Crippen LogP contribution in [0.15, 0.2) is 47.6 Å². The number of alkyl halides is 2. The average Bonchev–Trinajstić information content (AvgIpc) is 3.25. The number of carbonyl (C=O) groups excluding carboxylic acids is 1. The summed E-state index contributed by atoms with van der Waals surface area (Å²) in [6.45, 7) is 2.16. The molecule has 3 rings (SSSR count). The monoisotopic (exact) mass is 519 g/mol. The first kappa shape index (κ1) is 21.3. The van der Waals surface area contributed by atoms with E-state index in [0.717, 1.165) is 11.1 Å². The van der Waals surface area contributed by atoms with Crippen LogP contribution in [0.1, 0.15) is 30.0 Å². The van der Waals surface area contributed by atoms with Crippen LogP contribution in [-0.2, 0) is 11.4 Å². The van der Waals surface area contributed by atoms with E-state index in [9.17, 15) is 4.79 Å². The van der Waals surface area contributed by atoms with Crippen molar-refractivity contribution in [3.05, 3.63) is 59.2 Å². The van der Waals surface area contributed by atoms with Gasteiger partial charge in [-0.1, -0.05) is 31.9 Å². The number of amides is 1. The Hall–Kier alpha value is -2.37. The maximum atomic E-state index is 12.3. The highest BCUT2D eigenvalue weighted by Crippen LogP contribution is 2.66. The summed E-state index contributed by atoms with van der Waals surface area (Å²) in [4.78, 5) is 12.3. The molecule has 1 atom stereocenters. The lowest BCUT2D eigenvalue weighted by molar-refractivity contribution is -0.125. The standard InChI is InChI=1S/C21H19Br2N3O3/c1-20(13-21(20,22)23)19(27)26-25-11-15-5-8-18(28-2)16(9-15)12-29-17-6-3-14(10-24)4-7-17/h3-9,11H,12-13H2,1-2H3,(H,26,27)/t20-/m0/s1. The van der Waals surface area contributed by atoms with Gasteiger partial charge in [-0.15, -0.1) is 0 Å². The van der Waals surface area contributed by atoms with Crippen LogP contribution in [0.3, 0.4) is 0 Å². The molecule has 1 aliphatic carbocycles. The van der Waals surface area contributed by atoms with Crippen molar-refractivity contribution >= 4 is 44.0 Å². The Morgan fingerprint density at radius 3 is 2.59 bits per heavy atom. The molecule has 1 saturated carbocycles. The Morgan fingerprint density at radius 2 is 2.00 bits per heavy atom. The molecule has 150 valence electrons. The number of hydrogen-bond acceptors (Lipinski definition) is 5. The number of methoxy groups -OCH3 is 1. The van der Waals surface area contributed by atoms with Crippen molar-refractivity contribution in [2.24, 2.45) is 10.5 Å². The summed E-state index contributed by atoms with van der Waals surface area (Å²) in [7, 11) is 1.59. The lowest BCUT2D eigenvalue weighted by Crippen LogP contribution is -2.29. The smallest absolute Gasteiger partial charge is 0.248 e. The van der Waals surface area contributed by atoms with Gasteiger partial charge in [-0.3, -0.25) is 4.79 Å². The first-order valence-electron chi connectivity index (χ1n) is 8.80. The van der Waals surface area contributed by atoms with E-state index in [2.05, 4.69) is 48.5 Å². The van der Waals surface area contributed by atoms with Crippen molar-refractivity contribution in [1.29, 1.82) is 5.26 Å². The van der Waals surface area contributed by atoms with Crippen molar-refractivity contribution in [3.8, 4) is 17.6 Å². The topological polar surface area (TPSA) is 83.7 Å². The van der Waals surface area contributed by atoms with E-state index < -0.39 is 5.41 Å². The molecule has 1 N–H and O–H groups in total. The van der Waals surface area contributed by atoms with Crippen LogP contribution in [0.2, 0.25) is 0 Å². The number of ether oxygens (including phenoxy) is 2. The van der Waals surface area contributed by atoms with Gasteiger partial charge in [0.2, 0.25) is 5.91 Å². The first-order chi connectivity index (χ1) is 13.8. The normalized spacial score (nSPS) is 19.4. The maximum Gasteiger partial charge on any atom is 0.248 e. The minimum Gasteiger partial charge on any atom is -0.496 e. The molecule has 0 bridgehead atoms. The Morgan fingerprint density at radius 1 is 1.31 bits per heavy atom. The fourth-order valence-electron chi connectivity index (χ4n) is 2.71. The van der Waals surface area contributed by atoms with Crippen LogP contribution in [0.5, 0.6) is 11.5 Å². The van der Waals surface area contributed by atoms with Gasteiger partial charge in [0.1, 0.15) is 18.1 Å².